The molecule has 1 N–H and O–H groups in total. The zero-order valence-electron chi connectivity index (χ0n) is 13.2. The number of rotatable bonds is 5. The molecule has 2 saturated heterocycles. The molecule has 2 atom stereocenters. The Balaban J connectivity index is 1.89. The maximum Gasteiger partial charge on any atom is 0.406 e. The number of aliphatic carboxylic acids is 1. The Kier molecular flexibility index (Phi) is 5.71. The monoisotopic (exact) mass is 350 g/mol. The van der Waals surface area contributed by atoms with Crippen LogP contribution in [-0.2, 0) is 14.4 Å². The SMILES string of the molecule is O=C(O)CC[C@@H]1CCCN(C(=O)[C@@H]2CC(=O)N(CC(F)(F)F)C2)C1. The summed E-state index contributed by atoms with van der Waals surface area (Å²) < 4.78 is 37.3. The Labute approximate surface area is 137 Å². The van der Waals surface area contributed by atoms with Crippen molar-refractivity contribution in [2.75, 3.05) is 26.2 Å². The van der Waals surface area contributed by atoms with E-state index in [-0.39, 0.29) is 31.2 Å². The van der Waals surface area contributed by atoms with Crippen molar-refractivity contribution in [1.29, 1.82) is 0 Å². The number of hydrogen-bond donors (Lipinski definition) is 1. The maximum atomic E-state index is 12.5. The van der Waals surface area contributed by atoms with E-state index in [9.17, 15) is 27.6 Å². The van der Waals surface area contributed by atoms with Crippen LogP contribution in [0.3, 0.4) is 0 Å². The molecule has 2 rings (SSSR count). The normalized spacial score (nSPS) is 25.2. The van der Waals surface area contributed by atoms with Crippen LogP contribution in [0, 0.1) is 11.8 Å². The van der Waals surface area contributed by atoms with E-state index in [2.05, 4.69) is 0 Å². The summed E-state index contributed by atoms with van der Waals surface area (Å²) in [5, 5.41) is 8.73. The van der Waals surface area contributed by atoms with Gasteiger partial charge in [0.2, 0.25) is 11.8 Å². The van der Waals surface area contributed by atoms with Gasteiger partial charge in [0, 0.05) is 32.5 Å². The summed E-state index contributed by atoms with van der Waals surface area (Å²) in [5.41, 5.74) is 0. The van der Waals surface area contributed by atoms with E-state index in [0.717, 1.165) is 12.8 Å². The first kappa shape index (κ1) is 18.5. The average molecular weight is 350 g/mol. The smallest absolute Gasteiger partial charge is 0.406 e. The molecule has 9 heteroatoms. The number of likely N-dealkylation sites (tertiary alicyclic amines) is 2. The van der Waals surface area contributed by atoms with Crippen molar-refractivity contribution in [2.24, 2.45) is 11.8 Å². The minimum atomic E-state index is -4.47. The van der Waals surface area contributed by atoms with Crippen molar-refractivity contribution in [2.45, 2.75) is 38.3 Å². The maximum absolute atomic E-state index is 12.5. The molecule has 136 valence electrons. The van der Waals surface area contributed by atoms with Gasteiger partial charge in [0.15, 0.2) is 0 Å². The number of piperidine rings is 1. The zero-order valence-corrected chi connectivity index (χ0v) is 13.2. The average Bonchev–Trinajstić information content (AvgIpc) is 2.84. The summed E-state index contributed by atoms with van der Waals surface area (Å²) in [5.74, 6) is -2.49. The van der Waals surface area contributed by atoms with Gasteiger partial charge in [0.25, 0.3) is 0 Å². The second kappa shape index (κ2) is 7.40. The van der Waals surface area contributed by atoms with Crippen molar-refractivity contribution in [3.8, 4) is 0 Å². The topological polar surface area (TPSA) is 77.9 Å². The molecular weight excluding hydrogens is 329 g/mol. The fourth-order valence-corrected chi connectivity index (χ4v) is 3.39. The molecule has 2 amide bonds. The van der Waals surface area contributed by atoms with Crippen LogP contribution in [0.15, 0.2) is 0 Å². The highest BCUT2D eigenvalue weighted by Gasteiger charge is 2.42. The van der Waals surface area contributed by atoms with Gasteiger partial charge < -0.3 is 14.9 Å². The van der Waals surface area contributed by atoms with Gasteiger partial charge in [-0.3, -0.25) is 14.4 Å². The molecule has 0 radical (unpaired) electrons. The fraction of sp³-hybridized carbons (Fsp3) is 0.800. The molecule has 2 aliphatic heterocycles. The Hall–Kier alpha value is -1.80. The van der Waals surface area contributed by atoms with E-state index in [0.29, 0.717) is 24.4 Å². The van der Waals surface area contributed by atoms with Crippen molar-refractivity contribution in [3.63, 3.8) is 0 Å². The lowest BCUT2D eigenvalue weighted by molar-refractivity contribution is -0.157. The van der Waals surface area contributed by atoms with Crippen LogP contribution in [0.4, 0.5) is 13.2 Å². The lowest BCUT2D eigenvalue weighted by Crippen LogP contribution is -2.44. The molecule has 0 bridgehead atoms. The predicted molar refractivity (Wildman–Crippen MR) is 76.9 cm³/mol. The molecule has 0 spiro atoms. The highest BCUT2D eigenvalue weighted by atomic mass is 19.4. The van der Waals surface area contributed by atoms with Gasteiger partial charge >= 0.3 is 12.1 Å². The first-order valence-corrected chi connectivity index (χ1v) is 8.01. The lowest BCUT2D eigenvalue weighted by Gasteiger charge is -2.34. The first-order valence-electron chi connectivity index (χ1n) is 8.01. The van der Waals surface area contributed by atoms with Crippen LogP contribution in [0.5, 0.6) is 0 Å². The second-order valence-corrected chi connectivity index (χ2v) is 6.52. The Morgan fingerprint density at radius 2 is 1.96 bits per heavy atom. The van der Waals surface area contributed by atoms with Gasteiger partial charge in [0.1, 0.15) is 6.54 Å². The number of carboxylic acid groups (broad SMARTS) is 1. The zero-order chi connectivity index (χ0) is 17.9. The number of carbonyl (C=O) groups is 3. The number of halogens is 3. The number of amides is 2. The number of carbonyl (C=O) groups excluding carboxylic acids is 2. The Morgan fingerprint density at radius 3 is 2.58 bits per heavy atom. The molecule has 2 aliphatic rings. The number of alkyl halides is 3. The minimum absolute atomic E-state index is 0.0357. The molecular formula is C15H21F3N2O4. The molecule has 0 saturated carbocycles. The summed E-state index contributed by atoms with van der Waals surface area (Å²) in [6, 6.07) is 0. The summed E-state index contributed by atoms with van der Waals surface area (Å²) in [7, 11) is 0. The van der Waals surface area contributed by atoms with Crippen LogP contribution in [0.1, 0.15) is 32.1 Å². The van der Waals surface area contributed by atoms with E-state index < -0.39 is 30.5 Å². The summed E-state index contributed by atoms with van der Waals surface area (Å²) >= 11 is 0. The standard InChI is InChI=1S/C15H21F3N2O4/c16-15(17,18)9-20-8-11(6-12(20)21)14(24)19-5-1-2-10(7-19)3-4-13(22)23/h10-11H,1-9H2,(H,22,23)/t10-,11+/m0/s1. The van der Waals surface area contributed by atoms with Crippen LogP contribution >= 0.6 is 0 Å². The molecule has 0 aromatic carbocycles. The van der Waals surface area contributed by atoms with Gasteiger partial charge in [-0.15, -0.1) is 0 Å². The lowest BCUT2D eigenvalue weighted by atomic mass is 9.92. The molecule has 0 aromatic rings. The van der Waals surface area contributed by atoms with Gasteiger partial charge in [-0.25, -0.2) is 0 Å². The van der Waals surface area contributed by atoms with Crippen molar-refractivity contribution in [3.05, 3.63) is 0 Å². The highest BCUT2D eigenvalue weighted by Crippen LogP contribution is 2.27. The third kappa shape index (κ3) is 5.10. The molecule has 0 aliphatic carbocycles. The van der Waals surface area contributed by atoms with E-state index in [1.54, 1.807) is 4.90 Å². The molecule has 2 heterocycles. The molecule has 6 nitrogen and oxygen atoms in total. The van der Waals surface area contributed by atoms with Crippen molar-refractivity contribution >= 4 is 17.8 Å². The van der Waals surface area contributed by atoms with Crippen LogP contribution in [0.25, 0.3) is 0 Å². The Bertz CT molecular complexity index is 509. The molecule has 0 unspecified atom stereocenters. The third-order valence-corrected chi connectivity index (χ3v) is 4.53. The minimum Gasteiger partial charge on any atom is -0.481 e. The summed E-state index contributed by atoms with van der Waals surface area (Å²) in [6.45, 7) is -0.604. The quantitative estimate of drug-likeness (QED) is 0.815. The first-order chi connectivity index (χ1) is 11.2. The Morgan fingerprint density at radius 1 is 1.25 bits per heavy atom. The number of hydrogen-bond acceptors (Lipinski definition) is 3. The third-order valence-electron chi connectivity index (χ3n) is 4.53. The van der Waals surface area contributed by atoms with Gasteiger partial charge in [-0.1, -0.05) is 0 Å². The van der Waals surface area contributed by atoms with E-state index in [1.165, 1.54) is 0 Å². The summed E-state index contributed by atoms with van der Waals surface area (Å²) in [6.07, 6.45) is -2.58. The van der Waals surface area contributed by atoms with E-state index >= 15 is 0 Å². The highest BCUT2D eigenvalue weighted by molar-refractivity contribution is 5.89. The summed E-state index contributed by atoms with van der Waals surface area (Å²) in [4.78, 5) is 37.1. The van der Waals surface area contributed by atoms with Crippen molar-refractivity contribution < 1.29 is 32.7 Å². The van der Waals surface area contributed by atoms with Gasteiger partial charge in [0.05, 0.1) is 5.92 Å². The van der Waals surface area contributed by atoms with Crippen molar-refractivity contribution in [1.82, 2.24) is 9.80 Å². The van der Waals surface area contributed by atoms with E-state index in [1.807, 2.05) is 0 Å². The molecule has 24 heavy (non-hydrogen) atoms. The van der Waals surface area contributed by atoms with Crippen LogP contribution in [-0.4, -0.2) is 65.0 Å². The van der Waals surface area contributed by atoms with Crippen LogP contribution < -0.4 is 0 Å². The van der Waals surface area contributed by atoms with Gasteiger partial charge in [-0.2, -0.15) is 13.2 Å². The molecule has 2 fully saturated rings. The largest absolute Gasteiger partial charge is 0.481 e. The molecule has 0 aromatic heterocycles. The fourth-order valence-electron chi connectivity index (χ4n) is 3.39. The number of nitrogens with zero attached hydrogens (tertiary/aromatic N) is 2. The predicted octanol–water partition coefficient (Wildman–Crippen LogP) is 1.50. The number of carboxylic acids is 1. The second-order valence-electron chi connectivity index (χ2n) is 6.52. The van der Waals surface area contributed by atoms with Gasteiger partial charge in [-0.05, 0) is 25.2 Å². The van der Waals surface area contributed by atoms with Crippen LogP contribution in [0.2, 0.25) is 0 Å². The van der Waals surface area contributed by atoms with E-state index in [4.69, 9.17) is 5.11 Å².